The summed E-state index contributed by atoms with van der Waals surface area (Å²) in [5.41, 5.74) is 1.89. The molecule has 25 heavy (non-hydrogen) atoms. The zero-order valence-corrected chi connectivity index (χ0v) is 14.7. The topological polar surface area (TPSA) is 61.4 Å². The number of hydrogen-bond acceptors (Lipinski definition) is 3. The van der Waals surface area contributed by atoms with E-state index < -0.39 is 11.9 Å². The number of nitrogens with one attached hydrogen (secondary N) is 2. The second-order valence-corrected chi connectivity index (χ2v) is 6.43. The summed E-state index contributed by atoms with van der Waals surface area (Å²) in [7, 11) is 1.71. The second-order valence-electron chi connectivity index (χ2n) is 6.43. The molecule has 2 N–H and O–H groups in total. The van der Waals surface area contributed by atoms with Crippen molar-refractivity contribution in [2.75, 3.05) is 20.1 Å². The third-order valence-electron chi connectivity index (χ3n) is 4.18. The van der Waals surface area contributed by atoms with Gasteiger partial charge in [-0.3, -0.25) is 15.0 Å². The SMILES string of the molecule is CN(CC(=O)NC(=O)NCCC1=CCCCC1)Cc1ccccc1F. The van der Waals surface area contributed by atoms with Crippen LogP contribution in [0.15, 0.2) is 35.9 Å². The molecule has 0 unspecified atom stereocenters. The first kappa shape index (κ1) is 19.1. The number of carbonyl (C=O) groups is 2. The van der Waals surface area contributed by atoms with Gasteiger partial charge in [0.2, 0.25) is 5.91 Å². The Morgan fingerprint density at radius 2 is 2.04 bits per heavy atom. The maximum atomic E-state index is 13.6. The van der Waals surface area contributed by atoms with Crippen molar-refractivity contribution < 1.29 is 14.0 Å². The molecular weight excluding hydrogens is 321 g/mol. The highest BCUT2D eigenvalue weighted by molar-refractivity contribution is 5.95. The fraction of sp³-hybridized carbons (Fsp3) is 0.474. The van der Waals surface area contributed by atoms with Crippen LogP contribution in [-0.4, -0.2) is 37.0 Å². The number of benzene rings is 1. The number of rotatable bonds is 7. The number of carbonyl (C=O) groups excluding carboxylic acids is 2. The standard InChI is InChI=1S/C19H26FN3O2/c1-23(13-16-9-5-6-10-17(16)20)14-18(24)22-19(25)21-12-11-15-7-3-2-4-8-15/h5-7,9-10H,2-4,8,11-14H2,1H3,(H2,21,22,24,25). The number of imide groups is 1. The average Bonchev–Trinajstić information content (AvgIpc) is 2.57. The van der Waals surface area contributed by atoms with Gasteiger partial charge in [0.1, 0.15) is 5.82 Å². The number of likely N-dealkylation sites (N-methyl/N-ethyl adjacent to an activating group) is 1. The van der Waals surface area contributed by atoms with Gasteiger partial charge in [-0.2, -0.15) is 0 Å². The molecule has 0 aliphatic heterocycles. The summed E-state index contributed by atoms with van der Waals surface area (Å²) >= 11 is 0. The van der Waals surface area contributed by atoms with E-state index in [0.29, 0.717) is 18.7 Å². The lowest BCUT2D eigenvalue weighted by atomic mass is 9.97. The maximum Gasteiger partial charge on any atom is 0.321 e. The Bertz CT molecular complexity index is 631. The predicted octanol–water partition coefficient (Wildman–Crippen LogP) is 2.97. The van der Waals surface area contributed by atoms with Crippen molar-refractivity contribution in [2.45, 2.75) is 38.6 Å². The third kappa shape index (κ3) is 7.05. The molecule has 1 aromatic carbocycles. The molecule has 6 heteroatoms. The molecular formula is C19H26FN3O2. The molecule has 0 heterocycles. The van der Waals surface area contributed by atoms with Crippen LogP contribution in [0.25, 0.3) is 0 Å². The van der Waals surface area contributed by atoms with Crippen LogP contribution in [0.5, 0.6) is 0 Å². The molecule has 2 rings (SSSR count). The summed E-state index contributed by atoms with van der Waals surface area (Å²) in [6.07, 6.45) is 7.75. The molecule has 0 radical (unpaired) electrons. The van der Waals surface area contributed by atoms with Crippen molar-refractivity contribution in [2.24, 2.45) is 0 Å². The summed E-state index contributed by atoms with van der Waals surface area (Å²) in [6, 6.07) is 5.95. The molecule has 3 amide bonds. The molecule has 136 valence electrons. The van der Waals surface area contributed by atoms with Crippen LogP contribution in [0.1, 0.15) is 37.7 Å². The van der Waals surface area contributed by atoms with Gasteiger partial charge in [0.05, 0.1) is 6.54 Å². The van der Waals surface area contributed by atoms with E-state index in [2.05, 4.69) is 16.7 Å². The summed E-state index contributed by atoms with van der Waals surface area (Å²) < 4.78 is 13.6. The minimum Gasteiger partial charge on any atom is -0.337 e. The van der Waals surface area contributed by atoms with Crippen molar-refractivity contribution in [3.05, 3.63) is 47.3 Å². The van der Waals surface area contributed by atoms with E-state index in [1.165, 1.54) is 24.5 Å². The van der Waals surface area contributed by atoms with Crippen LogP contribution in [0.2, 0.25) is 0 Å². The van der Waals surface area contributed by atoms with E-state index in [1.54, 1.807) is 30.1 Å². The van der Waals surface area contributed by atoms with E-state index in [1.807, 2.05) is 0 Å². The Morgan fingerprint density at radius 3 is 2.76 bits per heavy atom. The first-order chi connectivity index (χ1) is 12.0. The van der Waals surface area contributed by atoms with Gasteiger partial charge in [-0.05, 0) is 45.2 Å². The van der Waals surface area contributed by atoms with E-state index >= 15 is 0 Å². The van der Waals surface area contributed by atoms with Crippen LogP contribution in [0, 0.1) is 5.82 Å². The van der Waals surface area contributed by atoms with Crippen molar-refractivity contribution in [1.29, 1.82) is 0 Å². The van der Waals surface area contributed by atoms with E-state index in [4.69, 9.17) is 0 Å². The van der Waals surface area contributed by atoms with Crippen molar-refractivity contribution in [3.63, 3.8) is 0 Å². The van der Waals surface area contributed by atoms with Crippen molar-refractivity contribution >= 4 is 11.9 Å². The number of nitrogens with zero attached hydrogens (tertiary/aromatic N) is 1. The lowest BCUT2D eigenvalue weighted by Gasteiger charge is -2.17. The largest absolute Gasteiger partial charge is 0.337 e. The normalized spacial score (nSPS) is 14.1. The molecule has 0 aromatic heterocycles. The van der Waals surface area contributed by atoms with E-state index in [9.17, 15) is 14.0 Å². The van der Waals surface area contributed by atoms with Gasteiger partial charge in [-0.1, -0.05) is 29.8 Å². The Morgan fingerprint density at radius 1 is 1.24 bits per heavy atom. The van der Waals surface area contributed by atoms with Gasteiger partial charge < -0.3 is 5.32 Å². The first-order valence-corrected chi connectivity index (χ1v) is 8.72. The predicted molar refractivity (Wildman–Crippen MR) is 95.4 cm³/mol. The molecule has 0 saturated heterocycles. The van der Waals surface area contributed by atoms with Crippen LogP contribution in [-0.2, 0) is 11.3 Å². The average molecular weight is 347 g/mol. The Labute approximate surface area is 148 Å². The maximum absolute atomic E-state index is 13.6. The molecule has 1 aliphatic rings. The van der Waals surface area contributed by atoms with Crippen molar-refractivity contribution in [3.8, 4) is 0 Å². The molecule has 0 bridgehead atoms. The van der Waals surface area contributed by atoms with Crippen LogP contribution < -0.4 is 10.6 Å². The van der Waals surface area contributed by atoms with Crippen molar-refractivity contribution in [1.82, 2.24) is 15.5 Å². The molecule has 0 atom stereocenters. The lowest BCUT2D eigenvalue weighted by Crippen LogP contribution is -2.44. The first-order valence-electron chi connectivity index (χ1n) is 8.72. The number of halogens is 1. The highest BCUT2D eigenvalue weighted by atomic mass is 19.1. The third-order valence-corrected chi connectivity index (χ3v) is 4.18. The molecule has 0 spiro atoms. The van der Waals surface area contributed by atoms with E-state index in [0.717, 1.165) is 19.3 Å². The molecule has 5 nitrogen and oxygen atoms in total. The molecule has 0 fully saturated rings. The molecule has 1 aliphatic carbocycles. The quantitative estimate of drug-likeness (QED) is 0.746. The zero-order valence-electron chi connectivity index (χ0n) is 14.7. The molecule has 0 saturated carbocycles. The van der Waals surface area contributed by atoms with Crippen LogP contribution >= 0.6 is 0 Å². The monoisotopic (exact) mass is 347 g/mol. The van der Waals surface area contributed by atoms with Gasteiger partial charge in [0, 0.05) is 18.7 Å². The highest BCUT2D eigenvalue weighted by Gasteiger charge is 2.12. The Kier molecular flexibility index (Phi) is 7.60. The number of allylic oxidation sites excluding steroid dienone is 1. The fourth-order valence-electron chi connectivity index (χ4n) is 2.90. The van der Waals surface area contributed by atoms with Gasteiger partial charge in [-0.25, -0.2) is 9.18 Å². The van der Waals surface area contributed by atoms with Crippen LogP contribution in [0.3, 0.4) is 0 Å². The van der Waals surface area contributed by atoms with E-state index in [-0.39, 0.29) is 12.4 Å². The fourth-order valence-corrected chi connectivity index (χ4v) is 2.90. The minimum atomic E-state index is -0.485. The lowest BCUT2D eigenvalue weighted by molar-refractivity contribution is -0.121. The summed E-state index contributed by atoms with van der Waals surface area (Å²) in [5, 5.41) is 5.01. The van der Waals surface area contributed by atoms with Gasteiger partial charge >= 0.3 is 6.03 Å². The number of amides is 3. The number of hydrogen-bond donors (Lipinski definition) is 2. The molecule has 1 aromatic rings. The smallest absolute Gasteiger partial charge is 0.321 e. The summed E-state index contributed by atoms with van der Waals surface area (Å²) in [6.45, 7) is 0.846. The minimum absolute atomic E-state index is 0.0207. The van der Waals surface area contributed by atoms with Gasteiger partial charge in [0.15, 0.2) is 0 Å². The van der Waals surface area contributed by atoms with Crippen LogP contribution in [0.4, 0.5) is 9.18 Å². The highest BCUT2D eigenvalue weighted by Crippen LogP contribution is 2.19. The summed E-state index contributed by atoms with van der Waals surface area (Å²) in [5.74, 6) is -0.710. The number of urea groups is 1. The van der Waals surface area contributed by atoms with Gasteiger partial charge in [-0.15, -0.1) is 0 Å². The Balaban J connectivity index is 1.65. The van der Waals surface area contributed by atoms with Gasteiger partial charge in [0.25, 0.3) is 0 Å². The second kappa shape index (κ2) is 9.93. The summed E-state index contributed by atoms with van der Waals surface area (Å²) in [4.78, 5) is 25.3. The zero-order chi connectivity index (χ0) is 18.1. The Hall–Kier alpha value is -2.21.